The average molecular weight is 315 g/mol. The Balaban J connectivity index is 2.17. The molecule has 23 heavy (non-hydrogen) atoms. The molecule has 0 radical (unpaired) electrons. The van der Waals surface area contributed by atoms with Crippen LogP contribution in [0.2, 0.25) is 0 Å². The van der Waals surface area contributed by atoms with Gasteiger partial charge in [0.05, 0.1) is 0 Å². The van der Waals surface area contributed by atoms with Crippen molar-refractivity contribution in [2.24, 2.45) is 0 Å². The van der Waals surface area contributed by atoms with E-state index < -0.39 is 16.8 Å². The molecule has 0 N–H and O–H groups in total. The van der Waals surface area contributed by atoms with Crippen molar-refractivity contribution in [2.75, 3.05) is 11.9 Å². The fraction of sp³-hybridized carbons (Fsp3) is 0.250. The Morgan fingerprint density at radius 1 is 1.26 bits per heavy atom. The molecule has 2 rings (SSSR count). The highest BCUT2D eigenvalue weighted by Gasteiger charge is 2.25. The monoisotopic (exact) mass is 315 g/mol. The Morgan fingerprint density at radius 2 is 1.91 bits per heavy atom. The third-order valence-electron chi connectivity index (χ3n) is 3.28. The van der Waals surface area contributed by atoms with E-state index in [4.69, 9.17) is 4.74 Å². The van der Waals surface area contributed by atoms with Crippen molar-refractivity contribution in [2.45, 2.75) is 20.0 Å². The number of amides is 1. The summed E-state index contributed by atoms with van der Waals surface area (Å²) in [5, 5.41) is 11.0. The van der Waals surface area contributed by atoms with E-state index in [2.05, 4.69) is 4.98 Å². The SMILES string of the molecule is Cc1ccc(O[C@@H](C)C(=O)N(C)c2ccccc2)c([N+](=O)[O-])n1. The Labute approximate surface area is 133 Å². The summed E-state index contributed by atoms with van der Waals surface area (Å²) in [6, 6.07) is 12.1. The molecule has 1 atom stereocenters. The number of hydrogen-bond donors (Lipinski definition) is 0. The number of nitro groups is 1. The molecule has 0 bridgehead atoms. The highest BCUT2D eigenvalue weighted by atomic mass is 16.6. The number of pyridine rings is 1. The quantitative estimate of drug-likeness (QED) is 0.625. The number of para-hydroxylation sites is 1. The molecule has 0 saturated heterocycles. The van der Waals surface area contributed by atoms with E-state index in [0.717, 1.165) is 0 Å². The summed E-state index contributed by atoms with van der Waals surface area (Å²) < 4.78 is 5.47. The number of ether oxygens (including phenoxy) is 1. The van der Waals surface area contributed by atoms with Crippen molar-refractivity contribution in [1.82, 2.24) is 4.98 Å². The molecular formula is C16H17N3O4. The Hall–Kier alpha value is -2.96. The van der Waals surface area contributed by atoms with Gasteiger partial charge in [0.1, 0.15) is 5.69 Å². The molecule has 0 saturated carbocycles. The van der Waals surface area contributed by atoms with E-state index in [9.17, 15) is 14.9 Å². The number of anilines is 1. The molecule has 0 aliphatic carbocycles. The lowest BCUT2D eigenvalue weighted by Crippen LogP contribution is -2.38. The molecule has 7 heteroatoms. The molecule has 1 aromatic heterocycles. The summed E-state index contributed by atoms with van der Waals surface area (Å²) in [5.74, 6) is -0.735. The van der Waals surface area contributed by atoms with Gasteiger partial charge in [-0.1, -0.05) is 18.2 Å². The molecule has 1 amide bonds. The first-order chi connectivity index (χ1) is 10.9. The normalized spacial score (nSPS) is 11.6. The molecule has 0 spiro atoms. The lowest BCUT2D eigenvalue weighted by Gasteiger charge is -2.22. The van der Waals surface area contributed by atoms with Crippen LogP contribution in [0.15, 0.2) is 42.5 Å². The van der Waals surface area contributed by atoms with Gasteiger partial charge in [0.15, 0.2) is 6.10 Å². The van der Waals surface area contributed by atoms with Crippen LogP contribution in [0.4, 0.5) is 11.5 Å². The van der Waals surface area contributed by atoms with Gasteiger partial charge in [-0.3, -0.25) is 4.79 Å². The zero-order chi connectivity index (χ0) is 17.0. The summed E-state index contributed by atoms with van der Waals surface area (Å²) in [7, 11) is 1.62. The maximum Gasteiger partial charge on any atom is 0.406 e. The van der Waals surface area contributed by atoms with Gasteiger partial charge in [-0.25, -0.2) is 0 Å². The lowest BCUT2D eigenvalue weighted by molar-refractivity contribution is -0.390. The van der Waals surface area contributed by atoms with Crippen LogP contribution in [-0.2, 0) is 4.79 Å². The van der Waals surface area contributed by atoms with Crippen molar-refractivity contribution in [3.8, 4) is 5.75 Å². The van der Waals surface area contributed by atoms with E-state index >= 15 is 0 Å². The maximum atomic E-state index is 12.4. The van der Waals surface area contributed by atoms with Crippen molar-refractivity contribution in [1.29, 1.82) is 0 Å². The third-order valence-corrected chi connectivity index (χ3v) is 3.28. The zero-order valence-corrected chi connectivity index (χ0v) is 13.1. The van der Waals surface area contributed by atoms with Crippen molar-refractivity contribution in [3.05, 3.63) is 58.3 Å². The summed E-state index contributed by atoms with van der Waals surface area (Å²) >= 11 is 0. The van der Waals surface area contributed by atoms with Crippen LogP contribution in [0.3, 0.4) is 0 Å². The molecule has 1 heterocycles. The van der Waals surface area contributed by atoms with E-state index in [1.807, 2.05) is 18.2 Å². The minimum absolute atomic E-state index is 0.0251. The number of benzene rings is 1. The largest absolute Gasteiger partial charge is 0.473 e. The van der Waals surface area contributed by atoms with Gasteiger partial charge in [-0.2, -0.15) is 0 Å². The second-order valence-electron chi connectivity index (χ2n) is 5.02. The van der Waals surface area contributed by atoms with Gasteiger partial charge in [0.2, 0.25) is 5.75 Å². The molecule has 1 aromatic carbocycles. The summed E-state index contributed by atoms with van der Waals surface area (Å²) in [6.07, 6.45) is -0.886. The first-order valence-electron chi connectivity index (χ1n) is 7.01. The number of aryl methyl sites for hydroxylation is 1. The van der Waals surface area contributed by atoms with Gasteiger partial charge in [0.25, 0.3) is 5.91 Å². The van der Waals surface area contributed by atoms with Crippen molar-refractivity contribution >= 4 is 17.4 Å². The van der Waals surface area contributed by atoms with Crippen molar-refractivity contribution < 1.29 is 14.5 Å². The van der Waals surface area contributed by atoms with Gasteiger partial charge in [0, 0.05) is 19.7 Å². The number of rotatable bonds is 5. The predicted molar refractivity (Wildman–Crippen MR) is 85.6 cm³/mol. The molecular weight excluding hydrogens is 298 g/mol. The zero-order valence-electron chi connectivity index (χ0n) is 13.1. The van der Waals surface area contributed by atoms with Crippen LogP contribution in [0.5, 0.6) is 5.75 Å². The second-order valence-corrected chi connectivity index (χ2v) is 5.02. The Kier molecular flexibility index (Phi) is 4.90. The van der Waals surface area contributed by atoms with Crippen LogP contribution in [-0.4, -0.2) is 29.0 Å². The number of hydrogen-bond acceptors (Lipinski definition) is 5. The highest BCUT2D eigenvalue weighted by molar-refractivity contribution is 5.96. The molecule has 7 nitrogen and oxygen atoms in total. The molecule has 0 unspecified atom stereocenters. The van der Waals surface area contributed by atoms with E-state index in [1.54, 1.807) is 39.1 Å². The minimum Gasteiger partial charge on any atom is -0.473 e. The third kappa shape index (κ3) is 3.82. The molecule has 120 valence electrons. The van der Waals surface area contributed by atoms with Crippen LogP contribution in [0.1, 0.15) is 12.6 Å². The summed E-state index contributed by atoms with van der Waals surface area (Å²) in [6.45, 7) is 3.19. The fourth-order valence-corrected chi connectivity index (χ4v) is 2.05. The van der Waals surface area contributed by atoms with Crippen LogP contribution in [0, 0.1) is 17.0 Å². The van der Waals surface area contributed by atoms with Crippen LogP contribution in [0.25, 0.3) is 0 Å². The Morgan fingerprint density at radius 3 is 2.52 bits per heavy atom. The molecule has 0 fully saturated rings. The standard InChI is InChI=1S/C16H17N3O4/c1-11-9-10-14(15(17-11)19(21)22)23-12(2)16(20)18(3)13-7-5-4-6-8-13/h4-10,12H,1-3H3/t12-/m0/s1. The Bertz CT molecular complexity index is 719. The maximum absolute atomic E-state index is 12.4. The average Bonchev–Trinajstić information content (AvgIpc) is 2.55. The van der Waals surface area contributed by atoms with Gasteiger partial charge in [-0.15, -0.1) is 0 Å². The first-order valence-corrected chi connectivity index (χ1v) is 7.01. The predicted octanol–water partition coefficient (Wildman–Crippen LogP) is 2.73. The summed E-state index contributed by atoms with van der Waals surface area (Å²) in [4.78, 5) is 28.1. The first kappa shape index (κ1) is 16.4. The highest BCUT2D eigenvalue weighted by Crippen LogP contribution is 2.26. The lowest BCUT2D eigenvalue weighted by atomic mass is 10.2. The fourth-order valence-electron chi connectivity index (χ4n) is 2.05. The minimum atomic E-state index is -0.886. The topological polar surface area (TPSA) is 85.6 Å². The molecule has 0 aliphatic rings. The van der Waals surface area contributed by atoms with Crippen LogP contribution < -0.4 is 9.64 Å². The molecule has 2 aromatic rings. The van der Waals surface area contributed by atoms with E-state index in [0.29, 0.717) is 11.4 Å². The van der Waals surface area contributed by atoms with Gasteiger partial charge >= 0.3 is 5.82 Å². The molecule has 0 aliphatic heterocycles. The number of nitrogens with zero attached hydrogens (tertiary/aromatic N) is 3. The number of likely N-dealkylation sites (N-methyl/N-ethyl adjacent to an activating group) is 1. The van der Waals surface area contributed by atoms with Gasteiger partial charge in [-0.05, 0) is 41.1 Å². The number of aromatic nitrogens is 1. The number of carbonyl (C=O) groups is 1. The second kappa shape index (κ2) is 6.87. The van der Waals surface area contributed by atoms with Crippen LogP contribution >= 0.6 is 0 Å². The number of carbonyl (C=O) groups excluding carboxylic acids is 1. The van der Waals surface area contributed by atoms with E-state index in [-0.39, 0.29) is 11.7 Å². The van der Waals surface area contributed by atoms with Crippen molar-refractivity contribution in [3.63, 3.8) is 0 Å². The van der Waals surface area contributed by atoms with E-state index in [1.165, 1.54) is 11.0 Å². The summed E-state index contributed by atoms with van der Waals surface area (Å²) in [5.41, 5.74) is 1.22. The smallest absolute Gasteiger partial charge is 0.406 e. The van der Waals surface area contributed by atoms with Gasteiger partial charge < -0.3 is 19.8 Å².